The third-order valence-electron chi connectivity index (χ3n) is 2.74. The van der Waals surface area contributed by atoms with Gasteiger partial charge in [0.2, 0.25) is 0 Å². The molecule has 2 aromatic carbocycles. The van der Waals surface area contributed by atoms with Crippen LogP contribution in [0.3, 0.4) is 0 Å². The molecular weight excluding hydrogens is 262 g/mol. The Kier molecular flexibility index (Phi) is 3.76. The number of nitrogens with zero attached hydrogens (tertiary/aromatic N) is 1. The molecule has 0 unspecified atom stereocenters. The highest BCUT2D eigenvalue weighted by atomic mass is 19.1. The molecule has 3 nitrogen and oxygen atoms in total. The van der Waals surface area contributed by atoms with Crippen molar-refractivity contribution in [1.82, 2.24) is 0 Å². The number of nitrogens with one attached hydrogen (secondary N) is 1. The van der Waals surface area contributed by atoms with Gasteiger partial charge in [0.1, 0.15) is 23.3 Å². The van der Waals surface area contributed by atoms with Gasteiger partial charge in [-0.3, -0.25) is 4.79 Å². The summed E-state index contributed by atoms with van der Waals surface area (Å²) in [6, 6.07) is 9.62. The molecule has 0 radical (unpaired) electrons. The van der Waals surface area contributed by atoms with Crippen molar-refractivity contribution in [3.05, 3.63) is 64.7 Å². The van der Waals surface area contributed by atoms with E-state index in [1.807, 2.05) is 0 Å². The SMILES string of the molecule is Cc1ccc(F)c(C(=O)Nc2cccc(F)c2C#N)c1. The second kappa shape index (κ2) is 5.49. The molecule has 0 bridgehead atoms. The highest BCUT2D eigenvalue weighted by molar-refractivity contribution is 6.05. The van der Waals surface area contributed by atoms with Crippen LogP contribution in [0, 0.1) is 29.9 Å². The summed E-state index contributed by atoms with van der Waals surface area (Å²) in [5.41, 5.74) is 0.293. The highest BCUT2D eigenvalue weighted by Gasteiger charge is 2.15. The maximum absolute atomic E-state index is 13.6. The molecule has 0 saturated carbocycles. The Morgan fingerprint density at radius 3 is 2.65 bits per heavy atom. The summed E-state index contributed by atoms with van der Waals surface area (Å²) >= 11 is 0. The largest absolute Gasteiger partial charge is 0.321 e. The Balaban J connectivity index is 2.36. The molecule has 0 saturated heterocycles. The third-order valence-corrected chi connectivity index (χ3v) is 2.74. The van der Waals surface area contributed by atoms with Gasteiger partial charge in [0.05, 0.1) is 11.3 Å². The molecule has 20 heavy (non-hydrogen) atoms. The molecule has 100 valence electrons. The van der Waals surface area contributed by atoms with Gasteiger partial charge in [0, 0.05) is 0 Å². The fourth-order valence-corrected chi connectivity index (χ4v) is 1.74. The highest BCUT2D eigenvalue weighted by Crippen LogP contribution is 2.19. The molecule has 0 aliphatic heterocycles. The Hall–Kier alpha value is -2.74. The predicted molar refractivity (Wildman–Crippen MR) is 70.2 cm³/mol. The zero-order valence-electron chi connectivity index (χ0n) is 10.6. The average molecular weight is 272 g/mol. The topological polar surface area (TPSA) is 52.9 Å². The molecule has 0 aliphatic rings. The minimum Gasteiger partial charge on any atom is -0.321 e. The maximum Gasteiger partial charge on any atom is 0.258 e. The summed E-state index contributed by atoms with van der Waals surface area (Å²) in [7, 11) is 0. The van der Waals surface area contributed by atoms with E-state index in [4.69, 9.17) is 5.26 Å². The molecule has 0 atom stereocenters. The fourth-order valence-electron chi connectivity index (χ4n) is 1.74. The molecule has 2 rings (SSSR count). The van der Waals surface area contributed by atoms with Gasteiger partial charge < -0.3 is 5.32 Å². The second-order valence-electron chi connectivity index (χ2n) is 4.21. The van der Waals surface area contributed by atoms with E-state index >= 15 is 0 Å². The molecule has 0 spiro atoms. The number of amides is 1. The minimum atomic E-state index is -0.741. The van der Waals surface area contributed by atoms with Crippen molar-refractivity contribution in [1.29, 1.82) is 5.26 Å². The van der Waals surface area contributed by atoms with Crippen LogP contribution in [0.5, 0.6) is 0 Å². The third kappa shape index (κ3) is 2.64. The molecule has 1 N–H and O–H groups in total. The molecule has 5 heteroatoms. The number of anilines is 1. The number of nitriles is 1. The van der Waals surface area contributed by atoms with Gasteiger partial charge in [-0.15, -0.1) is 0 Å². The lowest BCUT2D eigenvalue weighted by atomic mass is 10.1. The van der Waals surface area contributed by atoms with Gasteiger partial charge in [0.15, 0.2) is 0 Å². The van der Waals surface area contributed by atoms with Crippen LogP contribution in [0.25, 0.3) is 0 Å². The van der Waals surface area contributed by atoms with Gasteiger partial charge in [-0.2, -0.15) is 5.26 Å². The predicted octanol–water partition coefficient (Wildman–Crippen LogP) is 3.40. The summed E-state index contributed by atoms with van der Waals surface area (Å²) in [5, 5.41) is 11.2. The van der Waals surface area contributed by atoms with E-state index in [-0.39, 0.29) is 16.8 Å². The Bertz CT molecular complexity index is 720. The van der Waals surface area contributed by atoms with Crippen LogP contribution in [0.2, 0.25) is 0 Å². The van der Waals surface area contributed by atoms with Crippen LogP contribution in [-0.4, -0.2) is 5.91 Å². The average Bonchev–Trinajstić information content (AvgIpc) is 2.41. The molecular formula is C15H10F2N2O. The van der Waals surface area contributed by atoms with Gasteiger partial charge in [0.25, 0.3) is 5.91 Å². The first-order chi connectivity index (χ1) is 9.52. The molecule has 0 aliphatic carbocycles. The molecule has 0 fully saturated rings. The number of carbonyl (C=O) groups excluding carboxylic acids is 1. The number of aryl methyl sites for hydroxylation is 1. The van der Waals surface area contributed by atoms with Crippen molar-refractivity contribution in [2.24, 2.45) is 0 Å². The number of benzene rings is 2. The summed E-state index contributed by atoms with van der Waals surface area (Å²) < 4.78 is 27.0. The Labute approximate surface area is 114 Å². The van der Waals surface area contributed by atoms with Crippen LogP contribution < -0.4 is 5.32 Å². The van der Waals surface area contributed by atoms with Crippen molar-refractivity contribution in [2.75, 3.05) is 5.32 Å². The molecule has 1 amide bonds. The van der Waals surface area contributed by atoms with Crippen LogP contribution in [0.1, 0.15) is 21.5 Å². The number of halogens is 2. The maximum atomic E-state index is 13.6. The smallest absolute Gasteiger partial charge is 0.258 e. The van der Waals surface area contributed by atoms with E-state index in [2.05, 4.69) is 5.32 Å². The van der Waals surface area contributed by atoms with E-state index in [1.54, 1.807) is 13.0 Å². The molecule has 0 heterocycles. The summed E-state index contributed by atoms with van der Waals surface area (Å²) in [6.07, 6.45) is 0. The lowest BCUT2D eigenvalue weighted by molar-refractivity contribution is 0.102. The van der Waals surface area contributed by atoms with E-state index in [9.17, 15) is 13.6 Å². The van der Waals surface area contributed by atoms with E-state index in [0.29, 0.717) is 0 Å². The first-order valence-electron chi connectivity index (χ1n) is 5.79. The van der Waals surface area contributed by atoms with Crippen molar-refractivity contribution in [3.63, 3.8) is 0 Å². The lowest BCUT2D eigenvalue weighted by Gasteiger charge is -2.08. The fraction of sp³-hybridized carbons (Fsp3) is 0.0667. The van der Waals surface area contributed by atoms with E-state index in [0.717, 1.165) is 11.6 Å². The standard InChI is InChI=1S/C15H10F2N2O/c1-9-5-6-13(17)10(7-9)15(20)19-14-4-2-3-12(16)11(14)8-18/h2-7H,1H3,(H,19,20). The number of rotatable bonds is 2. The summed E-state index contributed by atoms with van der Waals surface area (Å²) in [6.45, 7) is 1.72. The van der Waals surface area contributed by atoms with Gasteiger partial charge in [-0.25, -0.2) is 8.78 Å². The quantitative estimate of drug-likeness (QED) is 0.911. The lowest BCUT2D eigenvalue weighted by Crippen LogP contribution is -2.15. The van der Waals surface area contributed by atoms with Gasteiger partial charge in [-0.05, 0) is 31.2 Å². The minimum absolute atomic E-state index is 0.0124. The Morgan fingerprint density at radius 2 is 1.95 bits per heavy atom. The van der Waals surface area contributed by atoms with E-state index < -0.39 is 17.5 Å². The zero-order chi connectivity index (χ0) is 14.7. The molecule has 0 aromatic heterocycles. The summed E-state index contributed by atoms with van der Waals surface area (Å²) in [5.74, 6) is -2.15. The van der Waals surface area contributed by atoms with Gasteiger partial charge in [-0.1, -0.05) is 17.7 Å². The summed E-state index contributed by atoms with van der Waals surface area (Å²) in [4.78, 5) is 12.0. The van der Waals surface area contributed by atoms with Crippen LogP contribution in [0.15, 0.2) is 36.4 Å². The molecule has 2 aromatic rings. The van der Waals surface area contributed by atoms with Crippen molar-refractivity contribution < 1.29 is 13.6 Å². The van der Waals surface area contributed by atoms with Crippen LogP contribution in [-0.2, 0) is 0 Å². The second-order valence-corrected chi connectivity index (χ2v) is 4.21. The monoisotopic (exact) mass is 272 g/mol. The first kappa shape index (κ1) is 13.7. The Morgan fingerprint density at radius 1 is 1.20 bits per heavy atom. The number of carbonyl (C=O) groups is 1. The van der Waals surface area contributed by atoms with Crippen LogP contribution >= 0.6 is 0 Å². The zero-order valence-corrected chi connectivity index (χ0v) is 10.6. The number of hydrogen-bond acceptors (Lipinski definition) is 2. The normalized spacial score (nSPS) is 9.90. The van der Waals surface area contributed by atoms with E-state index in [1.165, 1.54) is 30.3 Å². The van der Waals surface area contributed by atoms with Crippen LogP contribution in [0.4, 0.5) is 14.5 Å². The number of hydrogen-bond donors (Lipinski definition) is 1. The van der Waals surface area contributed by atoms with Crippen molar-refractivity contribution >= 4 is 11.6 Å². The van der Waals surface area contributed by atoms with Gasteiger partial charge >= 0.3 is 0 Å². The first-order valence-corrected chi connectivity index (χ1v) is 5.79. The van der Waals surface area contributed by atoms with Crippen molar-refractivity contribution in [3.8, 4) is 6.07 Å². The van der Waals surface area contributed by atoms with Crippen molar-refractivity contribution in [2.45, 2.75) is 6.92 Å².